The summed E-state index contributed by atoms with van der Waals surface area (Å²) in [6, 6.07) is 55.4. The second-order valence-electron chi connectivity index (χ2n) is 11.6. The summed E-state index contributed by atoms with van der Waals surface area (Å²) in [5.41, 5.74) is 1.86. The van der Waals surface area contributed by atoms with E-state index in [1.165, 1.54) is 24.3 Å². The fourth-order valence-electron chi connectivity index (χ4n) is 6.41. The molecule has 6 aromatic rings. The Kier molecular flexibility index (Phi) is 9.06. The number of hydrogen-bond donors (Lipinski definition) is 1. The van der Waals surface area contributed by atoms with Crippen LogP contribution in [0.15, 0.2) is 204 Å². The molecule has 50 heavy (non-hydrogen) atoms. The average Bonchev–Trinajstić information content (AvgIpc) is 3.54. The number of aliphatic hydroxyl groups excluding tert-OH is 1. The summed E-state index contributed by atoms with van der Waals surface area (Å²) < 4.78 is 13.6. The van der Waals surface area contributed by atoms with Gasteiger partial charge in [0.05, 0.1) is 10.0 Å². The first kappa shape index (κ1) is 32.3. The minimum Gasteiger partial charge on any atom is -0.668 e. The number of non-ortho nitro benzene ring substituents is 1. The molecule has 0 spiro atoms. The van der Waals surface area contributed by atoms with Crippen LogP contribution in [-0.2, 0) is 9.31 Å². The van der Waals surface area contributed by atoms with Gasteiger partial charge in [-0.2, -0.15) is 0 Å². The number of nitro groups is 1. The Morgan fingerprint density at radius 1 is 0.640 bits per heavy atom. The van der Waals surface area contributed by atoms with Crippen molar-refractivity contribution >= 4 is 52.0 Å². The average molecular weight is 675 g/mol. The molecule has 1 aliphatic heterocycles. The highest BCUT2D eigenvalue weighted by molar-refractivity contribution is 7.99. The van der Waals surface area contributed by atoms with Gasteiger partial charge >= 0.3 is 12.8 Å². The van der Waals surface area contributed by atoms with Crippen LogP contribution in [0.5, 0.6) is 0 Å². The van der Waals surface area contributed by atoms with Crippen LogP contribution in [0.4, 0.5) is 11.4 Å². The largest absolute Gasteiger partial charge is 0.668 e. The molecule has 1 heterocycles. The lowest BCUT2D eigenvalue weighted by atomic mass is 9.46. The van der Waals surface area contributed by atoms with Crippen molar-refractivity contribution in [2.75, 3.05) is 0 Å². The van der Waals surface area contributed by atoms with Gasteiger partial charge in [-0.15, -0.1) is 10.9 Å². The normalized spacial score (nSPS) is 14.3. The lowest BCUT2D eigenvalue weighted by Crippen LogP contribution is -2.60. The smallest absolute Gasteiger partial charge is 0.408 e. The number of allylic oxidation sites excluding steroid dienone is 1. The SMILES string of the molecule is O=[N+]([O-])c1ccc(N=[N+]C=C(C2=C(O)O[B-](c3ccccc3)(c3ccccc3)O2)[P+](c2ccccc2)(c2ccccc2)c2ccccc2)cc1. The monoisotopic (exact) mass is 675 g/mol. The third-order valence-electron chi connectivity index (χ3n) is 8.67. The van der Waals surface area contributed by atoms with Gasteiger partial charge in [-0.3, -0.25) is 10.1 Å². The summed E-state index contributed by atoms with van der Waals surface area (Å²) in [4.78, 5) is 10.8. The summed E-state index contributed by atoms with van der Waals surface area (Å²) in [5.74, 6) is -0.230. The van der Waals surface area contributed by atoms with Crippen molar-refractivity contribution in [3.05, 3.63) is 209 Å². The molecule has 0 bridgehead atoms. The van der Waals surface area contributed by atoms with Crippen LogP contribution in [0.1, 0.15) is 0 Å². The highest BCUT2D eigenvalue weighted by atomic mass is 31.2. The lowest BCUT2D eigenvalue weighted by molar-refractivity contribution is -0.384. The van der Waals surface area contributed by atoms with Crippen LogP contribution in [-0.4, -0.2) is 16.6 Å². The molecular weight excluding hydrogens is 644 g/mol. The van der Waals surface area contributed by atoms with Gasteiger partial charge < -0.3 is 14.4 Å². The van der Waals surface area contributed by atoms with Crippen molar-refractivity contribution in [2.24, 2.45) is 5.11 Å². The first-order valence-electron chi connectivity index (χ1n) is 16.0. The molecule has 8 nitrogen and oxygen atoms in total. The van der Waals surface area contributed by atoms with Crippen LogP contribution in [0.3, 0.4) is 0 Å². The summed E-state index contributed by atoms with van der Waals surface area (Å²) in [5, 5.41) is 35.8. The van der Waals surface area contributed by atoms with Gasteiger partial charge in [-0.05, 0) is 48.5 Å². The van der Waals surface area contributed by atoms with E-state index >= 15 is 0 Å². The Balaban J connectivity index is 1.50. The van der Waals surface area contributed by atoms with Crippen molar-refractivity contribution in [2.45, 2.75) is 0 Å². The topological polar surface area (TPSA) is 108 Å². The van der Waals surface area contributed by atoms with Crippen molar-refractivity contribution in [1.29, 1.82) is 0 Å². The van der Waals surface area contributed by atoms with Gasteiger partial charge in [0.15, 0.2) is 7.26 Å². The number of nitrogens with zero attached hydrogens (tertiary/aromatic N) is 3. The molecule has 0 aromatic heterocycles. The maximum Gasteiger partial charge on any atom is 0.408 e. The van der Waals surface area contributed by atoms with Gasteiger partial charge in [0.25, 0.3) is 11.6 Å². The van der Waals surface area contributed by atoms with Crippen LogP contribution < -0.4 is 32.0 Å². The number of hydrogen-bond acceptors (Lipinski definition) is 7. The molecule has 0 unspecified atom stereocenters. The zero-order chi connectivity index (χ0) is 34.4. The van der Waals surface area contributed by atoms with Gasteiger partial charge in [0.1, 0.15) is 21.6 Å². The minimum atomic E-state index is -2.93. The molecular formula is C40H31BN3O5P+. The van der Waals surface area contributed by atoms with Crippen molar-refractivity contribution in [1.82, 2.24) is 5.11 Å². The third kappa shape index (κ3) is 5.95. The van der Waals surface area contributed by atoms with E-state index < -0.39 is 18.7 Å². The Labute approximate surface area is 290 Å². The van der Waals surface area contributed by atoms with E-state index in [0.717, 1.165) is 26.8 Å². The quantitative estimate of drug-likeness (QED) is 0.0560. The molecule has 0 fully saturated rings. The summed E-state index contributed by atoms with van der Waals surface area (Å²) >= 11 is 0. The van der Waals surface area contributed by atoms with Crippen LogP contribution in [0.2, 0.25) is 0 Å². The first-order chi connectivity index (χ1) is 24.5. The van der Waals surface area contributed by atoms with E-state index in [-0.39, 0.29) is 17.4 Å². The Bertz CT molecular complexity index is 2050. The molecule has 0 amide bonds. The maximum absolute atomic E-state index is 12.0. The predicted octanol–water partition coefficient (Wildman–Crippen LogP) is 6.88. The lowest BCUT2D eigenvalue weighted by Gasteiger charge is -2.38. The number of nitro benzene ring substituents is 1. The van der Waals surface area contributed by atoms with Gasteiger partial charge in [-0.25, -0.2) is 0 Å². The van der Waals surface area contributed by atoms with Gasteiger partial charge in [0.2, 0.25) is 16.2 Å². The fraction of sp³-hybridized carbons (Fsp3) is 0. The Hall–Kier alpha value is -6.31. The molecule has 243 valence electrons. The highest BCUT2D eigenvalue weighted by Gasteiger charge is 2.57. The molecule has 7 rings (SSSR count). The highest BCUT2D eigenvalue weighted by Crippen LogP contribution is 2.65. The molecule has 10 heteroatoms. The number of benzene rings is 6. The third-order valence-corrected chi connectivity index (χ3v) is 12.9. The van der Waals surface area contributed by atoms with Crippen molar-refractivity contribution in [3.8, 4) is 0 Å². The summed E-state index contributed by atoms with van der Waals surface area (Å²) in [6.45, 7) is -2.44. The van der Waals surface area contributed by atoms with E-state index in [4.69, 9.17) is 9.31 Å². The fourth-order valence-corrected chi connectivity index (χ4v) is 10.7. The zero-order valence-electron chi connectivity index (χ0n) is 26.8. The van der Waals surface area contributed by atoms with Crippen molar-refractivity contribution in [3.63, 3.8) is 0 Å². The number of aliphatic hydroxyl groups is 1. The van der Waals surface area contributed by atoms with Crippen LogP contribution >= 0.6 is 7.26 Å². The van der Waals surface area contributed by atoms with E-state index in [0.29, 0.717) is 11.0 Å². The van der Waals surface area contributed by atoms with Gasteiger partial charge in [-0.1, -0.05) is 115 Å². The molecule has 0 aliphatic carbocycles. The van der Waals surface area contributed by atoms with E-state index in [1.54, 1.807) is 6.20 Å². The Morgan fingerprint density at radius 2 is 1.06 bits per heavy atom. The molecule has 0 saturated heterocycles. The summed E-state index contributed by atoms with van der Waals surface area (Å²) in [7, 11) is -2.93. The van der Waals surface area contributed by atoms with Gasteiger partial charge in [0, 0.05) is 12.1 Å². The second kappa shape index (κ2) is 14.0. The zero-order valence-corrected chi connectivity index (χ0v) is 27.7. The van der Waals surface area contributed by atoms with Crippen molar-refractivity contribution < 1.29 is 19.3 Å². The van der Waals surface area contributed by atoms with E-state index in [1.807, 2.05) is 115 Å². The number of rotatable bonds is 10. The van der Waals surface area contributed by atoms with Crippen LogP contribution in [0.25, 0.3) is 0 Å². The molecule has 1 aliphatic rings. The summed E-state index contributed by atoms with van der Waals surface area (Å²) in [6.07, 6.45) is 1.62. The Morgan fingerprint density at radius 3 is 1.48 bits per heavy atom. The maximum atomic E-state index is 12.0. The first-order valence-corrected chi connectivity index (χ1v) is 17.8. The minimum absolute atomic E-state index is 0.0469. The predicted molar refractivity (Wildman–Crippen MR) is 200 cm³/mol. The molecule has 1 N–H and O–H groups in total. The number of azo groups is 1. The standard InChI is InChI=1S/C40H31BN3O5P/c45-40-39(48-41(49-40,31-16-6-1-7-17-31)32-18-8-2-9-19-32)38(30-42-43-33-26-28-34(29-27-33)44(46)47)50(35-20-10-3-11-21-35,36-22-12-4-13-23-36)37-24-14-5-15-25-37/h1-30,45H/q+1. The molecule has 0 atom stereocenters. The van der Waals surface area contributed by atoms with E-state index in [9.17, 15) is 15.2 Å². The molecule has 0 saturated carbocycles. The van der Waals surface area contributed by atoms with E-state index in [2.05, 4.69) is 46.6 Å². The molecule has 1 radical (unpaired) electrons. The van der Waals surface area contributed by atoms with Crippen LogP contribution in [0, 0.1) is 10.1 Å². The molecule has 6 aromatic carbocycles. The second-order valence-corrected chi connectivity index (χ2v) is 15.0.